The fourth-order valence-corrected chi connectivity index (χ4v) is 5.31. The van der Waals surface area contributed by atoms with Gasteiger partial charge in [-0.2, -0.15) is 0 Å². The third kappa shape index (κ3) is 6.26. The minimum atomic E-state index is -0.979. The van der Waals surface area contributed by atoms with E-state index in [-0.39, 0.29) is 18.8 Å². The van der Waals surface area contributed by atoms with Crippen LogP contribution in [0.2, 0.25) is 0 Å². The van der Waals surface area contributed by atoms with E-state index >= 15 is 0 Å². The topological polar surface area (TPSA) is 194 Å². The number of amides is 2. The van der Waals surface area contributed by atoms with Gasteiger partial charge >= 0.3 is 5.69 Å². The molecule has 2 aromatic carbocycles. The van der Waals surface area contributed by atoms with Gasteiger partial charge in [-0.3, -0.25) is 24.6 Å². The Balaban J connectivity index is 1.85. The molecular formula is C30H38N8O5. The van der Waals surface area contributed by atoms with Crippen LogP contribution >= 0.6 is 0 Å². The van der Waals surface area contributed by atoms with Gasteiger partial charge in [-0.1, -0.05) is 17.7 Å². The SMILES string of the molecule is CCOc1cc2c(cc1OC)-c1c/c(=N\c3c(C)cc(C)cc3C)n(CCNC(=O)/C(N)=C(/NN)C(N)=O)c(=O)n1CC2. The molecule has 2 amide bonds. The second-order valence-corrected chi connectivity index (χ2v) is 10.2. The van der Waals surface area contributed by atoms with Crippen LogP contribution in [0.15, 0.2) is 51.5 Å². The summed E-state index contributed by atoms with van der Waals surface area (Å²) in [5.41, 5.74) is 18.6. The third-order valence-electron chi connectivity index (χ3n) is 7.25. The van der Waals surface area contributed by atoms with E-state index in [0.717, 1.165) is 33.5 Å². The lowest BCUT2D eigenvalue weighted by molar-refractivity contribution is -0.119. The molecule has 0 aliphatic carbocycles. The quantitative estimate of drug-likeness (QED) is 0.129. The van der Waals surface area contributed by atoms with Crippen LogP contribution in [0.3, 0.4) is 0 Å². The van der Waals surface area contributed by atoms with E-state index in [1.807, 2.05) is 63.5 Å². The first-order valence-corrected chi connectivity index (χ1v) is 13.9. The fraction of sp³-hybridized carbons (Fsp3) is 0.333. The smallest absolute Gasteiger partial charge is 0.330 e. The number of aromatic nitrogens is 2. The van der Waals surface area contributed by atoms with Gasteiger partial charge in [0.2, 0.25) is 0 Å². The number of fused-ring (bicyclic) bond motifs is 3. The Morgan fingerprint density at radius 1 is 1.05 bits per heavy atom. The van der Waals surface area contributed by atoms with Crippen LogP contribution in [-0.2, 0) is 29.1 Å². The van der Waals surface area contributed by atoms with Crippen LogP contribution in [-0.4, -0.2) is 41.2 Å². The van der Waals surface area contributed by atoms with E-state index in [4.69, 9.17) is 31.8 Å². The zero-order chi connectivity index (χ0) is 31.4. The van der Waals surface area contributed by atoms with Gasteiger partial charge in [-0.05, 0) is 62.9 Å². The van der Waals surface area contributed by atoms with Crippen LogP contribution in [0.25, 0.3) is 11.3 Å². The summed E-state index contributed by atoms with van der Waals surface area (Å²) in [4.78, 5) is 43.1. The lowest BCUT2D eigenvalue weighted by atomic mass is 9.97. The van der Waals surface area contributed by atoms with Gasteiger partial charge in [0, 0.05) is 31.3 Å². The number of hydrazine groups is 1. The lowest BCUT2D eigenvalue weighted by Crippen LogP contribution is -2.45. The van der Waals surface area contributed by atoms with Gasteiger partial charge < -0.3 is 31.7 Å². The van der Waals surface area contributed by atoms with Gasteiger partial charge in [-0.25, -0.2) is 9.79 Å². The molecule has 1 aliphatic rings. The summed E-state index contributed by atoms with van der Waals surface area (Å²) in [6.45, 7) is 8.88. The Hall–Kier alpha value is -5.04. The predicted octanol–water partition coefficient (Wildman–Crippen LogP) is 0.673. The average molecular weight is 591 g/mol. The lowest BCUT2D eigenvalue weighted by Gasteiger charge is -2.25. The molecule has 1 aliphatic heterocycles. The van der Waals surface area contributed by atoms with Crippen molar-refractivity contribution in [1.29, 1.82) is 0 Å². The summed E-state index contributed by atoms with van der Waals surface area (Å²) in [7, 11) is 1.58. The molecule has 0 spiro atoms. The van der Waals surface area contributed by atoms with Gasteiger partial charge in [0.15, 0.2) is 11.5 Å². The number of nitrogens with two attached hydrogens (primary N) is 3. The van der Waals surface area contributed by atoms with Crippen molar-refractivity contribution in [1.82, 2.24) is 19.9 Å². The van der Waals surface area contributed by atoms with Crippen molar-refractivity contribution in [2.24, 2.45) is 22.3 Å². The van der Waals surface area contributed by atoms with E-state index in [1.54, 1.807) is 11.7 Å². The number of nitrogens with zero attached hydrogens (tertiary/aromatic N) is 3. The van der Waals surface area contributed by atoms with Crippen LogP contribution < -0.4 is 48.7 Å². The van der Waals surface area contributed by atoms with Crippen molar-refractivity contribution < 1.29 is 19.1 Å². The van der Waals surface area contributed by atoms with Crippen molar-refractivity contribution in [3.8, 4) is 22.8 Å². The van der Waals surface area contributed by atoms with Gasteiger partial charge in [-0.15, -0.1) is 0 Å². The normalized spacial score (nSPS) is 13.0. The summed E-state index contributed by atoms with van der Waals surface area (Å²) in [5.74, 6) is 4.75. The van der Waals surface area contributed by atoms with E-state index in [1.165, 1.54) is 4.57 Å². The van der Waals surface area contributed by atoms with Crippen molar-refractivity contribution in [3.63, 3.8) is 0 Å². The Bertz CT molecular complexity index is 1730. The fourth-order valence-electron chi connectivity index (χ4n) is 5.31. The molecule has 0 radical (unpaired) electrons. The molecule has 2 heterocycles. The van der Waals surface area contributed by atoms with Gasteiger partial charge in [0.1, 0.15) is 16.9 Å². The summed E-state index contributed by atoms with van der Waals surface area (Å²) in [6, 6.07) is 9.79. The van der Waals surface area contributed by atoms with Crippen LogP contribution in [0.5, 0.6) is 11.5 Å². The summed E-state index contributed by atoms with van der Waals surface area (Å²) < 4.78 is 14.6. The molecule has 1 aromatic heterocycles. The molecule has 0 saturated heterocycles. The second-order valence-electron chi connectivity index (χ2n) is 10.2. The van der Waals surface area contributed by atoms with E-state index in [2.05, 4.69) is 5.32 Å². The van der Waals surface area contributed by atoms with Crippen LogP contribution in [0.1, 0.15) is 29.2 Å². The number of benzene rings is 2. The molecule has 0 bridgehead atoms. The Morgan fingerprint density at radius 2 is 1.74 bits per heavy atom. The van der Waals surface area contributed by atoms with Crippen molar-refractivity contribution >= 4 is 17.5 Å². The maximum Gasteiger partial charge on any atom is 0.330 e. The average Bonchev–Trinajstić information content (AvgIpc) is 2.95. The third-order valence-corrected chi connectivity index (χ3v) is 7.25. The molecule has 3 aromatic rings. The monoisotopic (exact) mass is 590 g/mol. The molecule has 43 heavy (non-hydrogen) atoms. The molecule has 0 atom stereocenters. The predicted molar refractivity (Wildman–Crippen MR) is 162 cm³/mol. The number of aryl methyl sites for hydroxylation is 4. The zero-order valence-electron chi connectivity index (χ0n) is 25.0. The van der Waals surface area contributed by atoms with Gasteiger partial charge in [0.25, 0.3) is 11.8 Å². The standard InChI is InChI=1S/C30H38N8O5/c1-6-43-23-13-19-7-9-37-21(20(19)14-22(23)42-5)15-24(35-26-17(3)11-16(2)12-18(26)4)38(30(37)41)10-8-34-29(40)25(31)27(36-33)28(32)39/h11-15,36H,6-10,31,33H2,1-5H3,(H2,32,39)(H,34,40)/b27-25-,35-24+. The molecule has 4 rings (SSSR count). The van der Waals surface area contributed by atoms with Crippen molar-refractivity contribution in [2.45, 2.75) is 47.2 Å². The maximum absolute atomic E-state index is 14.0. The highest BCUT2D eigenvalue weighted by atomic mass is 16.5. The number of rotatable bonds is 10. The number of hydrogen-bond donors (Lipinski definition) is 5. The molecule has 8 N–H and O–H groups in total. The molecule has 13 nitrogen and oxygen atoms in total. The Kier molecular flexibility index (Phi) is 9.24. The largest absolute Gasteiger partial charge is 0.493 e. The van der Waals surface area contributed by atoms with Crippen LogP contribution in [0, 0.1) is 20.8 Å². The molecule has 13 heteroatoms. The number of nitrogens with one attached hydrogen (secondary N) is 2. The van der Waals surface area contributed by atoms with Crippen molar-refractivity contribution in [3.05, 3.63) is 80.0 Å². The number of carbonyl (C=O) groups is 2. The first-order chi connectivity index (χ1) is 20.5. The maximum atomic E-state index is 14.0. The van der Waals surface area contributed by atoms with Crippen LogP contribution in [0.4, 0.5) is 5.69 Å². The van der Waals surface area contributed by atoms with E-state index < -0.39 is 23.2 Å². The number of primary amides is 1. The first-order valence-electron chi connectivity index (χ1n) is 13.9. The number of hydrogen-bond acceptors (Lipinski definition) is 9. The zero-order valence-corrected chi connectivity index (χ0v) is 25.0. The van der Waals surface area contributed by atoms with E-state index in [0.29, 0.717) is 42.3 Å². The Labute approximate surface area is 249 Å². The number of carbonyl (C=O) groups excluding carboxylic acids is 2. The second kappa shape index (κ2) is 12.9. The number of methoxy groups -OCH3 is 1. The first kappa shape index (κ1) is 30.9. The molecule has 0 fully saturated rings. The highest BCUT2D eigenvalue weighted by Gasteiger charge is 2.23. The minimum Gasteiger partial charge on any atom is -0.493 e. The van der Waals surface area contributed by atoms with E-state index in [9.17, 15) is 14.4 Å². The number of ether oxygens (including phenoxy) is 2. The summed E-state index contributed by atoms with van der Waals surface area (Å²) in [5, 5.41) is 2.61. The Morgan fingerprint density at radius 3 is 2.35 bits per heavy atom. The highest BCUT2D eigenvalue weighted by molar-refractivity contribution is 6.02. The highest BCUT2D eigenvalue weighted by Crippen LogP contribution is 2.37. The minimum absolute atomic E-state index is 0.00586. The molecule has 0 saturated carbocycles. The van der Waals surface area contributed by atoms with Crippen molar-refractivity contribution in [2.75, 3.05) is 20.3 Å². The van der Waals surface area contributed by atoms with Gasteiger partial charge in [0.05, 0.1) is 25.1 Å². The molecule has 228 valence electrons. The summed E-state index contributed by atoms with van der Waals surface area (Å²) in [6.07, 6.45) is 0.610. The molecule has 0 unspecified atom stereocenters. The summed E-state index contributed by atoms with van der Waals surface area (Å²) >= 11 is 0. The molecular weight excluding hydrogens is 552 g/mol.